The maximum absolute atomic E-state index is 13.3. The summed E-state index contributed by atoms with van der Waals surface area (Å²) in [5, 5.41) is 6.32. The van der Waals surface area contributed by atoms with Crippen molar-refractivity contribution in [1.29, 1.82) is 0 Å². The van der Waals surface area contributed by atoms with Crippen molar-refractivity contribution in [2.45, 2.75) is 26.0 Å². The van der Waals surface area contributed by atoms with Gasteiger partial charge < -0.3 is 29.7 Å². The van der Waals surface area contributed by atoms with Crippen LogP contribution in [-0.4, -0.2) is 69.8 Å². The Morgan fingerprint density at radius 2 is 1.88 bits per heavy atom. The van der Waals surface area contributed by atoms with Gasteiger partial charge in [-0.3, -0.25) is 9.59 Å². The number of amides is 2. The second-order valence-corrected chi connectivity index (χ2v) is 8.45. The first kappa shape index (κ1) is 24.5. The molecule has 8 nitrogen and oxygen atoms in total. The summed E-state index contributed by atoms with van der Waals surface area (Å²) in [6.45, 7) is 5.74. The summed E-state index contributed by atoms with van der Waals surface area (Å²) in [7, 11) is 4.98. The summed E-state index contributed by atoms with van der Waals surface area (Å²) in [6, 6.07) is 12.0. The summed E-state index contributed by atoms with van der Waals surface area (Å²) in [5.41, 5.74) is 1.38. The highest BCUT2D eigenvalue weighted by molar-refractivity contribution is 6.05. The first-order valence-electron chi connectivity index (χ1n) is 11.1. The van der Waals surface area contributed by atoms with Gasteiger partial charge in [0.2, 0.25) is 0 Å². The van der Waals surface area contributed by atoms with Crippen molar-refractivity contribution in [1.82, 2.24) is 10.2 Å². The molecule has 1 heterocycles. The molecule has 33 heavy (non-hydrogen) atoms. The van der Waals surface area contributed by atoms with E-state index in [1.54, 1.807) is 68.6 Å². The van der Waals surface area contributed by atoms with Gasteiger partial charge in [-0.2, -0.15) is 0 Å². The normalized spacial score (nSPS) is 21.8. The summed E-state index contributed by atoms with van der Waals surface area (Å²) < 4.78 is 16.8. The number of hydrogen-bond acceptors (Lipinski definition) is 6. The standard InChI is InChI=1S/C25H33N3O5/c1-16-13-26-17(2)15-33-22-11-8-19(12-21(22)25(30)28(3)14-23(16)32-5)27-24(29)18-6-9-20(31-4)10-7-18/h6-12,16-17,23,26H,13-15H2,1-5H3,(H,27,29)/t16-,17-,23-/m1/s1. The second-order valence-electron chi connectivity index (χ2n) is 8.45. The highest BCUT2D eigenvalue weighted by Crippen LogP contribution is 2.26. The van der Waals surface area contributed by atoms with Crippen LogP contribution in [-0.2, 0) is 4.74 Å². The number of carbonyl (C=O) groups is 2. The molecule has 0 unspecified atom stereocenters. The maximum Gasteiger partial charge on any atom is 0.257 e. The smallest absolute Gasteiger partial charge is 0.257 e. The first-order chi connectivity index (χ1) is 15.8. The van der Waals surface area contributed by atoms with E-state index in [2.05, 4.69) is 17.6 Å². The third kappa shape index (κ3) is 6.24. The van der Waals surface area contributed by atoms with E-state index in [1.807, 2.05) is 6.92 Å². The van der Waals surface area contributed by atoms with Crippen LogP contribution in [0.3, 0.4) is 0 Å². The SMILES string of the molecule is COc1ccc(C(=O)Nc2ccc3c(c2)C(=O)N(C)C[C@@H](OC)[C@H](C)CN[C@H](C)CO3)cc1. The van der Waals surface area contributed by atoms with E-state index < -0.39 is 0 Å². The number of likely N-dealkylation sites (N-methyl/N-ethyl adjacent to an activating group) is 1. The molecule has 0 radical (unpaired) electrons. The largest absolute Gasteiger partial charge is 0.497 e. The van der Waals surface area contributed by atoms with Crippen LogP contribution in [0.4, 0.5) is 5.69 Å². The van der Waals surface area contributed by atoms with Gasteiger partial charge in [-0.25, -0.2) is 0 Å². The predicted molar refractivity (Wildman–Crippen MR) is 127 cm³/mol. The molecule has 0 aromatic heterocycles. The molecule has 3 atom stereocenters. The minimum Gasteiger partial charge on any atom is -0.497 e. The molecule has 178 valence electrons. The molecule has 0 aliphatic carbocycles. The molecule has 0 saturated heterocycles. The molecule has 0 bridgehead atoms. The lowest BCUT2D eigenvalue weighted by Crippen LogP contribution is -2.44. The van der Waals surface area contributed by atoms with Crippen molar-refractivity contribution < 1.29 is 23.8 Å². The van der Waals surface area contributed by atoms with Crippen LogP contribution in [0, 0.1) is 5.92 Å². The Hall–Kier alpha value is -3.10. The number of methoxy groups -OCH3 is 2. The van der Waals surface area contributed by atoms with E-state index in [4.69, 9.17) is 14.2 Å². The average molecular weight is 456 g/mol. The fraction of sp³-hybridized carbons (Fsp3) is 0.440. The predicted octanol–water partition coefficient (Wildman–Crippen LogP) is 3.04. The van der Waals surface area contributed by atoms with Crippen LogP contribution >= 0.6 is 0 Å². The van der Waals surface area contributed by atoms with Crippen LogP contribution in [0.15, 0.2) is 42.5 Å². The van der Waals surface area contributed by atoms with Crippen molar-refractivity contribution in [3.05, 3.63) is 53.6 Å². The maximum atomic E-state index is 13.3. The van der Waals surface area contributed by atoms with E-state index in [-0.39, 0.29) is 29.9 Å². The Balaban J connectivity index is 1.86. The van der Waals surface area contributed by atoms with Gasteiger partial charge in [0.25, 0.3) is 11.8 Å². The Morgan fingerprint density at radius 3 is 2.55 bits per heavy atom. The molecule has 2 N–H and O–H groups in total. The first-order valence-corrected chi connectivity index (χ1v) is 11.1. The molecule has 2 aromatic carbocycles. The van der Waals surface area contributed by atoms with Crippen molar-refractivity contribution in [3.63, 3.8) is 0 Å². The molecule has 0 saturated carbocycles. The van der Waals surface area contributed by atoms with Crippen LogP contribution in [0.2, 0.25) is 0 Å². The fourth-order valence-corrected chi connectivity index (χ4v) is 3.68. The molecule has 8 heteroatoms. The van der Waals surface area contributed by atoms with Crippen molar-refractivity contribution >= 4 is 17.5 Å². The van der Waals surface area contributed by atoms with Crippen LogP contribution in [0.5, 0.6) is 11.5 Å². The molecular weight excluding hydrogens is 422 g/mol. The third-order valence-corrected chi connectivity index (χ3v) is 5.84. The van der Waals surface area contributed by atoms with Gasteiger partial charge in [0, 0.05) is 44.5 Å². The lowest BCUT2D eigenvalue weighted by molar-refractivity contribution is 0.0281. The molecular formula is C25H33N3O5. The zero-order chi connectivity index (χ0) is 24.0. The van der Waals surface area contributed by atoms with Gasteiger partial charge in [-0.05, 0) is 55.3 Å². The molecule has 0 spiro atoms. The number of ether oxygens (including phenoxy) is 3. The topological polar surface area (TPSA) is 89.1 Å². The van der Waals surface area contributed by atoms with Crippen molar-refractivity contribution in [2.24, 2.45) is 5.92 Å². The highest BCUT2D eigenvalue weighted by atomic mass is 16.5. The van der Waals surface area contributed by atoms with Gasteiger partial charge in [0.05, 0.1) is 18.8 Å². The number of rotatable bonds is 4. The number of hydrogen-bond donors (Lipinski definition) is 2. The summed E-state index contributed by atoms with van der Waals surface area (Å²) in [4.78, 5) is 27.7. The zero-order valence-electron chi connectivity index (χ0n) is 19.9. The average Bonchev–Trinajstić information content (AvgIpc) is 2.83. The Labute approximate surface area is 195 Å². The van der Waals surface area contributed by atoms with Crippen LogP contribution in [0.25, 0.3) is 0 Å². The van der Waals surface area contributed by atoms with Crippen LogP contribution < -0.4 is 20.1 Å². The Morgan fingerprint density at radius 1 is 1.15 bits per heavy atom. The third-order valence-electron chi connectivity index (χ3n) is 5.84. The van der Waals surface area contributed by atoms with E-state index >= 15 is 0 Å². The lowest BCUT2D eigenvalue weighted by atomic mass is 10.0. The van der Waals surface area contributed by atoms with Crippen molar-refractivity contribution in [2.75, 3.05) is 46.3 Å². The molecule has 0 fully saturated rings. The Kier molecular flexibility index (Phi) is 8.30. The molecule has 3 rings (SSSR count). The highest BCUT2D eigenvalue weighted by Gasteiger charge is 2.25. The zero-order valence-corrected chi connectivity index (χ0v) is 19.9. The minimum atomic E-state index is -0.279. The van der Waals surface area contributed by atoms with E-state index in [9.17, 15) is 9.59 Å². The summed E-state index contributed by atoms with van der Waals surface area (Å²) >= 11 is 0. The Bertz CT molecular complexity index is 963. The quantitative estimate of drug-likeness (QED) is 0.737. The number of carbonyl (C=O) groups excluding carboxylic acids is 2. The van der Waals surface area contributed by atoms with E-state index in [0.717, 1.165) is 6.54 Å². The van der Waals surface area contributed by atoms with Gasteiger partial charge in [-0.15, -0.1) is 0 Å². The molecule has 2 amide bonds. The number of nitrogens with zero attached hydrogens (tertiary/aromatic N) is 1. The van der Waals surface area contributed by atoms with E-state index in [1.165, 1.54) is 0 Å². The number of benzene rings is 2. The second kappa shape index (κ2) is 11.2. The summed E-state index contributed by atoms with van der Waals surface area (Å²) in [5.74, 6) is 0.885. The number of nitrogens with one attached hydrogen (secondary N) is 2. The van der Waals surface area contributed by atoms with E-state index in [0.29, 0.717) is 41.5 Å². The number of fused-ring (bicyclic) bond motifs is 1. The van der Waals surface area contributed by atoms with Gasteiger partial charge in [0.15, 0.2) is 0 Å². The monoisotopic (exact) mass is 455 g/mol. The van der Waals surface area contributed by atoms with Gasteiger partial charge in [0.1, 0.15) is 18.1 Å². The van der Waals surface area contributed by atoms with Crippen molar-refractivity contribution in [3.8, 4) is 11.5 Å². The molecule has 1 aliphatic rings. The summed E-state index contributed by atoms with van der Waals surface area (Å²) in [6.07, 6.45) is -0.111. The number of anilines is 1. The lowest BCUT2D eigenvalue weighted by Gasteiger charge is -2.30. The van der Waals surface area contributed by atoms with Crippen LogP contribution in [0.1, 0.15) is 34.6 Å². The fourth-order valence-electron chi connectivity index (χ4n) is 3.68. The minimum absolute atomic E-state index is 0.0968. The molecule has 1 aliphatic heterocycles. The van der Waals surface area contributed by atoms with Gasteiger partial charge >= 0.3 is 0 Å². The molecule has 2 aromatic rings. The van der Waals surface area contributed by atoms with Gasteiger partial charge in [-0.1, -0.05) is 6.92 Å².